The minimum absolute atomic E-state index is 0.420. The topological polar surface area (TPSA) is 64.1 Å². The SMILES string of the molecule is COc1cc(/C=N\NC(=S)NC2CCCCC2)cc(OC)c1OCc1ccccc1. The molecule has 1 fully saturated rings. The predicted octanol–water partition coefficient (Wildman–Crippen LogP) is 4.41. The van der Waals surface area contributed by atoms with Gasteiger partial charge < -0.3 is 19.5 Å². The largest absolute Gasteiger partial charge is 0.493 e. The Morgan fingerprint density at radius 1 is 1.07 bits per heavy atom. The molecule has 1 aliphatic carbocycles. The molecule has 0 unspecified atom stereocenters. The van der Waals surface area contributed by atoms with Crippen LogP contribution in [0, 0.1) is 0 Å². The third-order valence-corrected chi connectivity index (χ3v) is 5.24. The van der Waals surface area contributed by atoms with Crippen LogP contribution in [0.25, 0.3) is 0 Å². The zero-order valence-corrected chi connectivity index (χ0v) is 18.3. The molecule has 1 aliphatic rings. The first-order valence-corrected chi connectivity index (χ1v) is 10.6. The van der Waals surface area contributed by atoms with Crippen molar-refractivity contribution in [1.82, 2.24) is 10.7 Å². The second kappa shape index (κ2) is 11.4. The van der Waals surface area contributed by atoms with Gasteiger partial charge in [-0.05, 0) is 42.8 Å². The standard InChI is InChI=1S/C23H29N3O3S/c1-27-20-13-18(15-24-26-23(30)25-19-11-7-4-8-12-19)14-21(28-2)22(20)29-16-17-9-5-3-6-10-17/h3,5-6,9-10,13-15,19H,4,7-8,11-12,16H2,1-2H3,(H2,25,26,30)/b24-15-. The van der Waals surface area contributed by atoms with Crippen LogP contribution in [-0.2, 0) is 6.61 Å². The summed E-state index contributed by atoms with van der Waals surface area (Å²) < 4.78 is 17.0. The van der Waals surface area contributed by atoms with E-state index in [1.165, 1.54) is 19.3 Å². The number of rotatable bonds is 8. The van der Waals surface area contributed by atoms with Crippen molar-refractivity contribution in [2.45, 2.75) is 44.8 Å². The highest BCUT2D eigenvalue weighted by Gasteiger charge is 2.15. The lowest BCUT2D eigenvalue weighted by Gasteiger charge is -2.23. The summed E-state index contributed by atoms with van der Waals surface area (Å²) in [6.07, 6.45) is 7.81. The van der Waals surface area contributed by atoms with E-state index in [0.29, 0.717) is 35.0 Å². The van der Waals surface area contributed by atoms with E-state index >= 15 is 0 Å². The highest BCUT2D eigenvalue weighted by Crippen LogP contribution is 2.38. The highest BCUT2D eigenvalue weighted by molar-refractivity contribution is 7.80. The normalized spacial score (nSPS) is 14.3. The Balaban J connectivity index is 1.63. The lowest BCUT2D eigenvalue weighted by atomic mass is 9.96. The number of nitrogens with zero attached hydrogens (tertiary/aromatic N) is 1. The van der Waals surface area contributed by atoms with E-state index in [9.17, 15) is 0 Å². The fourth-order valence-electron chi connectivity index (χ4n) is 3.48. The zero-order valence-electron chi connectivity index (χ0n) is 17.5. The molecule has 1 saturated carbocycles. The maximum absolute atomic E-state index is 5.98. The number of hydrogen-bond acceptors (Lipinski definition) is 5. The van der Waals surface area contributed by atoms with Crippen LogP contribution < -0.4 is 25.0 Å². The summed E-state index contributed by atoms with van der Waals surface area (Å²) in [6.45, 7) is 0.420. The van der Waals surface area contributed by atoms with Crippen molar-refractivity contribution in [3.8, 4) is 17.2 Å². The van der Waals surface area contributed by atoms with Gasteiger partial charge in [-0.3, -0.25) is 5.43 Å². The predicted molar refractivity (Wildman–Crippen MR) is 124 cm³/mol. The van der Waals surface area contributed by atoms with E-state index in [4.69, 9.17) is 26.4 Å². The van der Waals surface area contributed by atoms with E-state index in [2.05, 4.69) is 15.8 Å². The van der Waals surface area contributed by atoms with Gasteiger partial charge in [-0.2, -0.15) is 5.10 Å². The smallest absolute Gasteiger partial charge is 0.203 e. The van der Waals surface area contributed by atoms with Crippen molar-refractivity contribution in [2.75, 3.05) is 14.2 Å². The molecule has 160 valence electrons. The number of nitrogens with one attached hydrogen (secondary N) is 2. The first-order valence-electron chi connectivity index (χ1n) is 10.2. The molecule has 3 rings (SSSR count). The summed E-state index contributed by atoms with van der Waals surface area (Å²) in [4.78, 5) is 0. The maximum Gasteiger partial charge on any atom is 0.203 e. The molecule has 0 spiro atoms. The second-order valence-electron chi connectivity index (χ2n) is 7.21. The molecule has 0 aliphatic heterocycles. The first-order chi connectivity index (χ1) is 14.7. The van der Waals surface area contributed by atoms with Gasteiger partial charge in [0.25, 0.3) is 0 Å². The zero-order chi connectivity index (χ0) is 21.2. The lowest BCUT2D eigenvalue weighted by molar-refractivity contribution is 0.266. The number of hydrazone groups is 1. The number of methoxy groups -OCH3 is 2. The summed E-state index contributed by atoms with van der Waals surface area (Å²) in [5.41, 5.74) is 4.77. The van der Waals surface area contributed by atoms with Crippen LogP contribution in [-0.4, -0.2) is 31.6 Å². The summed E-state index contributed by atoms with van der Waals surface area (Å²) in [6, 6.07) is 14.1. The molecule has 0 bridgehead atoms. The van der Waals surface area contributed by atoms with Crippen molar-refractivity contribution in [2.24, 2.45) is 5.10 Å². The molecule has 0 heterocycles. The third-order valence-electron chi connectivity index (χ3n) is 5.03. The van der Waals surface area contributed by atoms with Gasteiger partial charge in [-0.25, -0.2) is 0 Å². The van der Waals surface area contributed by atoms with Crippen molar-refractivity contribution >= 4 is 23.5 Å². The van der Waals surface area contributed by atoms with Gasteiger partial charge >= 0.3 is 0 Å². The van der Waals surface area contributed by atoms with Crippen LogP contribution in [0.2, 0.25) is 0 Å². The Labute approximate surface area is 183 Å². The van der Waals surface area contributed by atoms with Gasteiger partial charge in [0, 0.05) is 11.6 Å². The maximum atomic E-state index is 5.98. The minimum atomic E-state index is 0.420. The van der Waals surface area contributed by atoms with Crippen LogP contribution in [0.1, 0.15) is 43.2 Å². The van der Waals surface area contributed by atoms with E-state index in [1.54, 1.807) is 20.4 Å². The van der Waals surface area contributed by atoms with Gasteiger partial charge in [-0.15, -0.1) is 0 Å². The Morgan fingerprint density at radius 2 is 1.73 bits per heavy atom. The monoisotopic (exact) mass is 427 g/mol. The average molecular weight is 428 g/mol. The summed E-state index contributed by atoms with van der Waals surface area (Å²) >= 11 is 5.34. The number of hydrogen-bond donors (Lipinski definition) is 2. The van der Waals surface area contributed by atoms with Gasteiger partial charge in [0.05, 0.1) is 20.4 Å². The van der Waals surface area contributed by atoms with E-state index < -0.39 is 0 Å². The van der Waals surface area contributed by atoms with Crippen molar-refractivity contribution in [1.29, 1.82) is 0 Å². The fraction of sp³-hybridized carbons (Fsp3) is 0.391. The minimum Gasteiger partial charge on any atom is -0.493 e. The van der Waals surface area contributed by atoms with Crippen LogP contribution in [0.5, 0.6) is 17.2 Å². The van der Waals surface area contributed by atoms with Crippen LogP contribution in [0.4, 0.5) is 0 Å². The molecular weight excluding hydrogens is 398 g/mol. The number of benzene rings is 2. The average Bonchev–Trinajstić information content (AvgIpc) is 2.78. The van der Waals surface area contributed by atoms with Crippen molar-refractivity contribution < 1.29 is 14.2 Å². The molecule has 2 aromatic carbocycles. The lowest BCUT2D eigenvalue weighted by Crippen LogP contribution is -2.40. The molecule has 0 saturated heterocycles. The summed E-state index contributed by atoms with van der Waals surface area (Å²) in [7, 11) is 3.21. The Hall–Kier alpha value is -2.80. The Morgan fingerprint density at radius 3 is 2.37 bits per heavy atom. The molecule has 7 heteroatoms. The first kappa shape index (κ1) is 21.9. The quantitative estimate of drug-likeness (QED) is 0.370. The van der Waals surface area contributed by atoms with Crippen molar-refractivity contribution in [3.05, 3.63) is 53.6 Å². The van der Waals surface area contributed by atoms with Crippen LogP contribution >= 0.6 is 12.2 Å². The Kier molecular flexibility index (Phi) is 8.32. The molecule has 0 atom stereocenters. The van der Waals surface area contributed by atoms with E-state index in [0.717, 1.165) is 24.0 Å². The van der Waals surface area contributed by atoms with Gasteiger partial charge in [0.15, 0.2) is 16.6 Å². The molecule has 2 N–H and O–H groups in total. The molecule has 0 aromatic heterocycles. The van der Waals surface area contributed by atoms with E-state index in [-0.39, 0.29) is 0 Å². The van der Waals surface area contributed by atoms with Crippen LogP contribution in [0.3, 0.4) is 0 Å². The molecule has 30 heavy (non-hydrogen) atoms. The Bertz CT molecular complexity index is 827. The molecule has 2 aromatic rings. The van der Waals surface area contributed by atoms with Crippen LogP contribution in [0.15, 0.2) is 47.6 Å². The summed E-state index contributed by atoms with van der Waals surface area (Å²) in [5, 5.41) is 8.12. The van der Waals surface area contributed by atoms with E-state index in [1.807, 2.05) is 42.5 Å². The second-order valence-corrected chi connectivity index (χ2v) is 7.62. The molecule has 6 nitrogen and oxygen atoms in total. The molecule has 0 amide bonds. The number of ether oxygens (including phenoxy) is 3. The van der Waals surface area contributed by atoms with Crippen molar-refractivity contribution in [3.63, 3.8) is 0 Å². The molecular formula is C23H29N3O3S. The third kappa shape index (κ3) is 6.35. The van der Waals surface area contributed by atoms with Gasteiger partial charge in [0.1, 0.15) is 6.61 Å². The summed E-state index contributed by atoms with van der Waals surface area (Å²) in [5.74, 6) is 1.72. The number of thiocarbonyl (C=S) groups is 1. The van der Waals surface area contributed by atoms with Gasteiger partial charge in [-0.1, -0.05) is 49.6 Å². The highest BCUT2D eigenvalue weighted by atomic mass is 32.1. The fourth-order valence-corrected chi connectivity index (χ4v) is 3.70. The van der Waals surface area contributed by atoms with Gasteiger partial charge in [0.2, 0.25) is 5.75 Å². The molecule has 0 radical (unpaired) electrons.